The van der Waals surface area contributed by atoms with Gasteiger partial charge in [-0.25, -0.2) is 9.38 Å². The van der Waals surface area contributed by atoms with Crippen molar-refractivity contribution in [2.75, 3.05) is 37.7 Å². The summed E-state index contributed by atoms with van der Waals surface area (Å²) in [6.07, 6.45) is 4.24. The van der Waals surface area contributed by atoms with Crippen molar-refractivity contribution in [3.8, 4) is 0 Å². The third kappa shape index (κ3) is 6.82. The number of halogens is 2. The number of hydrogen-bond donors (Lipinski definition) is 3. The van der Waals surface area contributed by atoms with Crippen LogP contribution < -0.4 is 15.5 Å². The van der Waals surface area contributed by atoms with Crippen LogP contribution >= 0.6 is 24.0 Å². The number of hydrogen-bond acceptors (Lipinski definition) is 3. The Labute approximate surface area is 213 Å². The van der Waals surface area contributed by atoms with Gasteiger partial charge >= 0.3 is 0 Å². The molecule has 4 rings (SSSR count). The number of rotatable bonds is 8. The molecular weight excluding hydrogens is 530 g/mol. The van der Waals surface area contributed by atoms with Gasteiger partial charge in [-0.15, -0.1) is 24.0 Å². The summed E-state index contributed by atoms with van der Waals surface area (Å²) < 4.78 is 13.7. The van der Waals surface area contributed by atoms with E-state index in [2.05, 4.69) is 46.7 Å². The number of guanidine groups is 1. The van der Waals surface area contributed by atoms with Crippen molar-refractivity contribution in [1.82, 2.24) is 10.6 Å². The molecule has 180 valence electrons. The molecule has 3 N–H and O–H groups in total. The Balaban J connectivity index is 0.00000306. The van der Waals surface area contributed by atoms with Crippen LogP contribution in [-0.2, 0) is 12.0 Å². The number of piperidine rings is 1. The molecule has 1 saturated heterocycles. The number of aliphatic hydroxyl groups excluding tert-OH is 1. The van der Waals surface area contributed by atoms with Gasteiger partial charge in [0.2, 0.25) is 0 Å². The fourth-order valence-corrected chi connectivity index (χ4v) is 4.49. The highest BCUT2D eigenvalue weighted by Gasteiger charge is 2.44. The Bertz CT molecular complexity index is 909. The van der Waals surface area contributed by atoms with Gasteiger partial charge in [0.1, 0.15) is 5.82 Å². The van der Waals surface area contributed by atoms with E-state index in [-0.39, 0.29) is 35.2 Å². The molecule has 0 atom stereocenters. The lowest BCUT2D eigenvalue weighted by molar-refractivity contribution is 0.203. The van der Waals surface area contributed by atoms with Crippen LogP contribution in [0, 0.1) is 11.7 Å². The first-order valence-electron chi connectivity index (χ1n) is 11.8. The van der Waals surface area contributed by atoms with E-state index in [0.29, 0.717) is 19.1 Å². The molecule has 1 heterocycles. The Morgan fingerprint density at radius 1 is 1.12 bits per heavy atom. The van der Waals surface area contributed by atoms with Crippen molar-refractivity contribution in [3.63, 3.8) is 0 Å². The zero-order valence-electron chi connectivity index (χ0n) is 19.4. The predicted octanol–water partition coefficient (Wildman–Crippen LogP) is 4.44. The minimum absolute atomic E-state index is 0. The molecule has 2 fully saturated rings. The van der Waals surface area contributed by atoms with Crippen LogP contribution in [0.1, 0.15) is 43.7 Å². The zero-order valence-corrected chi connectivity index (χ0v) is 21.7. The molecule has 0 bridgehead atoms. The molecule has 0 amide bonds. The summed E-state index contributed by atoms with van der Waals surface area (Å²) >= 11 is 0. The van der Waals surface area contributed by atoms with E-state index >= 15 is 0 Å². The van der Waals surface area contributed by atoms with E-state index in [4.69, 9.17) is 4.99 Å². The molecule has 0 unspecified atom stereocenters. The molecule has 1 aliphatic carbocycles. The fourth-order valence-electron chi connectivity index (χ4n) is 4.49. The lowest BCUT2D eigenvalue weighted by atomic mass is 9.96. The van der Waals surface area contributed by atoms with Crippen molar-refractivity contribution < 1.29 is 9.50 Å². The van der Waals surface area contributed by atoms with E-state index in [9.17, 15) is 9.50 Å². The number of benzene rings is 2. The summed E-state index contributed by atoms with van der Waals surface area (Å²) in [6, 6.07) is 15.6. The Morgan fingerprint density at radius 3 is 2.45 bits per heavy atom. The topological polar surface area (TPSA) is 59.9 Å². The molecule has 1 saturated carbocycles. The zero-order chi connectivity index (χ0) is 22.4. The minimum atomic E-state index is -0.171. The van der Waals surface area contributed by atoms with E-state index in [1.807, 2.05) is 6.07 Å². The second kappa shape index (κ2) is 12.0. The largest absolute Gasteiger partial charge is 0.396 e. The van der Waals surface area contributed by atoms with E-state index in [0.717, 1.165) is 63.4 Å². The summed E-state index contributed by atoms with van der Waals surface area (Å²) in [5, 5.41) is 16.1. The Morgan fingerprint density at radius 2 is 1.85 bits per heavy atom. The maximum atomic E-state index is 13.7. The summed E-state index contributed by atoms with van der Waals surface area (Å²) in [5.41, 5.74) is 3.50. The molecule has 2 aliphatic rings. The monoisotopic (exact) mass is 566 g/mol. The maximum Gasteiger partial charge on any atom is 0.191 e. The second-order valence-electron chi connectivity index (χ2n) is 9.12. The average molecular weight is 567 g/mol. The summed E-state index contributed by atoms with van der Waals surface area (Å²) in [5.74, 6) is 1.08. The average Bonchev–Trinajstić information content (AvgIpc) is 3.63. The van der Waals surface area contributed by atoms with Gasteiger partial charge in [0, 0.05) is 43.9 Å². The van der Waals surface area contributed by atoms with Crippen molar-refractivity contribution in [2.45, 2.75) is 44.6 Å². The summed E-state index contributed by atoms with van der Waals surface area (Å²) in [7, 11) is 0. The van der Waals surface area contributed by atoms with Crippen molar-refractivity contribution in [1.29, 1.82) is 0 Å². The highest BCUT2D eigenvalue weighted by molar-refractivity contribution is 14.0. The first-order chi connectivity index (χ1) is 15.6. The number of anilines is 1. The van der Waals surface area contributed by atoms with Crippen LogP contribution in [-0.4, -0.2) is 43.9 Å². The fraction of sp³-hybridized carbons (Fsp3) is 0.500. The maximum absolute atomic E-state index is 13.7. The van der Waals surface area contributed by atoms with E-state index in [1.54, 1.807) is 12.1 Å². The SMILES string of the molecule is CCNC(=NCc1ccc(N2CCC(CO)CC2)cc1)NCC1(c2cccc(F)c2)CC1.I. The number of nitrogens with one attached hydrogen (secondary N) is 2. The van der Waals surface area contributed by atoms with Crippen molar-refractivity contribution in [3.05, 3.63) is 65.5 Å². The lowest BCUT2D eigenvalue weighted by Gasteiger charge is -2.32. The molecule has 7 heteroatoms. The highest BCUT2D eigenvalue weighted by Crippen LogP contribution is 2.47. The lowest BCUT2D eigenvalue weighted by Crippen LogP contribution is -2.41. The molecule has 1 aliphatic heterocycles. The molecular formula is C26H36FIN4O. The summed E-state index contributed by atoms with van der Waals surface area (Å²) in [6.45, 7) is 6.53. The number of aliphatic hydroxyl groups is 1. The van der Waals surface area contributed by atoms with E-state index in [1.165, 1.54) is 17.3 Å². The molecule has 2 aromatic carbocycles. The number of aliphatic imine (C=N–C) groups is 1. The van der Waals surface area contributed by atoms with Gasteiger partial charge in [0.05, 0.1) is 6.54 Å². The standard InChI is InChI=1S/C26H35FN4O.HI/c1-2-28-25(30-19-26(12-13-26)22-4-3-5-23(27)16-22)29-17-20-6-8-24(9-7-20)31-14-10-21(18-32)11-15-31;/h3-9,16,21,32H,2,10-15,17-19H2,1H3,(H2,28,29,30);1H. The first-order valence-corrected chi connectivity index (χ1v) is 11.8. The van der Waals surface area contributed by atoms with Crippen LogP contribution in [0.3, 0.4) is 0 Å². The van der Waals surface area contributed by atoms with Gasteiger partial charge in [0.15, 0.2) is 5.96 Å². The Kier molecular flexibility index (Phi) is 9.37. The van der Waals surface area contributed by atoms with Gasteiger partial charge in [-0.2, -0.15) is 0 Å². The molecule has 0 radical (unpaired) electrons. The quantitative estimate of drug-likeness (QED) is 0.251. The normalized spacial score (nSPS) is 17.9. The van der Waals surface area contributed by atoms with Crippen LogP contribution in [0.5, 0.6) is 0 Å². The molecule has 5 nitrogen and oxygen atoms in total. The predicted molar refractivity (Wildman–Crippen MR) is 144 cm³/mol. The molecule has 0 spiro atoms. The molecule has 2 aromatic rings. The molecule has 33 heavy (non-hydrogen) atoms. The van der Waals surface area contributed by atoms with E-state index < -0.39 is 0 Å². The molecule has 0 aromatic heterocycles. The van der Waals surface area contributed by atoms with Crippen LogP contribution in [0.4, 0.5) is 10.1 Å². The van der Waals surface area contributed by atoms with Crippen LogP contribution in [0.15, 0.2) is 53.5 Å². The third-order valence-electron chi connectivity index (χ3n) is 6.82. The van der Waals surface area contributed by atoms with Crippen LogP contribution in [0.2, 0.25) is 0 Å². The minimum Gasteiger partial charge on any atom is -0.396 e. The van der Waals surface area contributed by atoms with Crippen LogP contribution in [0.25, 0.3) is 0 Å². The highest BCUT2D eigenvalue weighted by atomic mass is 127. The summed E-state index contributed by atoms with van der Waals surface area (Å²) in [4.78, 5) is 7.16. The number of nitrogens with zero attached hydrogens (tertiary/aromatic N) is 2. The Hall–Kier alpha value is -1.87. The third-order valence-corrected chi connectivity index (χ3v) is 6.82. The first kappa shape index (κ1) is 25.7. The smallest absolute Gasteiger partial charge is 0.191 e. The second-order valence-corrected chi connectivity index (χ2v) is 9.12. The van der Waals surface area contributed by atoms with Crippen molar-refractivity contribution >= 4 is 35.6 Å². The van der Waals surface area contributed by atoms with Gasteiger partial charge in [-0.1, -0.05) is 24.3 Å². The van der Waals surface area contributed by atoms with Gasteiger partial charge in [-0.3, -0.25) is 0 Å². The van der Waals surface area contributed by atoms with Gasteiger partial charge < -0.3 is 20.6 Å². The van der Waals surface area contributed by atoms with Gasteiger partial charge in [-0.05, 0) is 73.9 Å². The van der Waals surface area contributed by atoms with Crippen molar-refractivity contribution in [2.24, 2.45) is 10.9 Å². The van der Waals surface area contributed by atoms with Gasteiger partial charge in [0.25, 0.3) is 0 Å².